The maximum Gasteiger partial charge on any atom is 0.267 e. The number of amides is 1. The molecular weight excluding hydrogens is 479 g/mol. The first-order valence-corrected chi connectivity index (χ1v) is 12.6. The second-order valence-corrected chi connectivity index (χ2v) is 10.3. The number of aromatic nitrogens is 3. The minimum atomic E-state index is -0.284. The Morgan fingerprint density at radius 3 is 2.40 bits per heavy atom. The van der Waals surface area contributed by atoms with Crippen molar-refractivity contribution in [2.75, 3.05) is 5.32 Å². The molecule has 0 saturated carbocycles. The van der Waals surface area contributed by atoms with Gasteiger partial charge in [0.25, 0.3) is 5.91 Å². The van der Waals surface area contributed by atoms with E-state index in [-0.39, 0.29) is 11.7 Å². The van der Waals surface area contributed by atoms with E-state index >= 15 is 0 Å². The molecule has 0 aliphatic carbocycles. The van der Waals surface area contributed by atoms with Crippen LogP contribution >= 0.6 is 22.7 Å². The number of hydrogen-bond acceptors (Lipinski definition) is 5. The van der Waals surface area contributed by atoms with E-state index in [2.05, 4.69) is 29.4 Å². The second kappa shape index (κ2) is 8.41. The molecule has 1 amide bonds. The number of hydrogen-bond donors (Lipinski definition) is 1. The summed E-state index contributed by atoms with van der Waals surface area (Å²) in [4.78, 5) is 23.7. The molecule has 6 aromatic rings. The molecule has 172 valence electrons. The quantitative estimate of drug-likeness (QED) is 0.276. The molecule has 3 aromatic carbocycles. The van der Waals surface area contributed by atoms with Gasteiger partial charge in [-0.05, 0) is 80.1 Å². The van der Waals surface area contributed by atoms with Gasteiger partial charge in [-0.2, -0.15) is 0 Å². The maximum absolute atomic E-state index is 13.2. The van der Waals surface area contributed by atoms with Crippen molar-refractivity contribution in [3.05, 3.63) is 94.9 Å². The number of aryl methyl sites for hydroxylation is 2. The largest absolute Gasteiger partial charge is 0.321 e. The number of rotatable bonds is 4. The molecule has 0 spiro atoms. The molecule has 8 heteroatoms. The number of thiazole rings is 2. The Kier molecular flexibility index (Phi) is 5.20. The monoisotopic (exact) mass is 498 g/mol. The minimum absolute atomic E-state index is 0.176. The zero-order valence-corrected chi connectivity index (χ0v) is 20.5. The van der Waals surface area contributed by atoms with Crippen LogP contribution < -0.4 is 5.32 Å². The van der Waals surface area contributed by atoms with E-state index in [1.165, 1.54) is 29.0 Å². The summed E-state index contributed by atoms with van der Waals surface area (Å²) < 4.78 is 16.3. The topological polar surface area (TPSA) is 59.3 Å². The molecule has 0 unspecified atom stereocenters. The molecule has 0 fully saturated rings. The zero-order valence-electron chi connectivity index (χ0n) is 18.9. The van der Waals surface area contributed by atoms with Crippen LogP contribution in [0, 0.1) is 19.7 Å². The summed E-state index contributed by atoms with van der Waals surface area (Å²) in [6.07, 6.45) is 1.87. The highest BCUT2D eigenvalue weighted by molar-refractivity contribution is 7.21. The summed E-state index contributed by atoms with van der Waals surface area (Å²) in [5.41, 5.74) is 6.32. The summed E-state index contributed by atoms with van der Waals surface area (Å²) in [6.45, 7) is 3.97. The molecule has 3 aromatic heterocycles. The summed E-state index contributed by atoms with van der Waals surface area (Å²) >= 11 is 2.99. The first-order valence-electron chi connectivity index (χ1n) is 11.0. The standard InChI is InChI=1S/C27H19FN4OS2/c1-15-3-12-21-23(13-15)34-26(30-21)18-6-10-20(11-7-18)29-25(33)24-16(2)32-14-22(31-27(32)35-24)17-4-8-19(28)9-5-17/h3-14H,1-2H3,(H,29,33). The Balaban J connectivity index is 1.21. The minimum Gasteiger partial charge on any atom is -0.321 e. The predicted molar refractivity (Wildman–Crippen MR) is 141 cm³/mol. The van der Waals surface area contributed by atoms with Crippen LogP contribution in [0.3, 0.4) is 0 Å². The van der Waals surface area contributed by atoms with Gasteiger partial charge in [0.05, 0.1) is 15.9 Å². The summed E-state index contributed by atoms with van der Waals surface area (Å²) in [6, 6.07) is 20.2. The predicted octanol–water partition coefficient (Wildman–Crippen LogP) is 7.35. The third kappa shape index (κ3) is 4.00. The van der Waals surface area contributed by atoms with Gasteiger partial charge in [0.15, 0.2) is 4.96 Å². The molecule has 1 N–H and O–H groups in total. The molecule has 0 atom stereocenters. The van der Waals surface area contributed by atoms with Gasteiger partial charge >= 0.3 is 0 Å². The smallest absolute Gasteiger partial charge is 0.267 e. The van der Waals surface area contributed by atoms with E-state index in [9.17, 15) is 9.18 Å². The number of benzene rings is 3. The Hall–Kier alpha value is -3.88. The highest BCUT2D eigenvalue weighted by Crippen LogP contribution is 2.32. The first-order chi connectivity index (χ1) is 16.9. The Morgan fingerprint density at radius 1 is 0.914 bits per heavy atom. The van der Waals surface area contributed by atoms with E-state index < -0.39 is 0 Å². The molecule has 5 nitrogen and oxygen atoms in total. The third-order valence-corrected chi connectivity index (χ3v) is 8.06. The maximum atomic E-state index is 13.2. The number of halogens is 1. The SMILES string of the molecule is Cc1ccc2nc(-c3ccc(NC(=O)c4sc5nc(-c6ccc(F)cc6)cn5c4C)cc3)sc2c1. The number of anilines is 1. The third-order valence-electron chi connectivity index (χ3n) is 5.84. The highest BCUT2D eigenvalue weighted by atomic mass is 32.1. The second-order valence-electron chi connectivity index (χ2n) is 8.32. The van der Waals surface area contributed by atoms with Crippen molar-refractivity contribution in [2.24, 2.45) is 0 Å². The average molecular weight is 499 g/mol. The lowest BCUT2D eigenvalue weighted by molar-refractivity contribution is 0.102. The van der Waals surface area contributed by atoms with Crippen molar-refractivity contribution in [1.29, 1.82) is 0 Å². The van der Waals surface area contributed by atoms with Crippen LogP contribution in [0.1, 0.15) is 20.9 Å². The lowest BCUT2D eigenvalue weighted by atomic mass is 10.2. The number of carbonyl (C=O) groups excluding carboxylic acids is 1. The normalized spacial score (nSPS) is 11.4. The van der Waals surface area contributed by atoms with Gasteiger partial charge in [0.2, 0.25) is 0 Å². The zero-order chi connectivity index (χ0) is 24.1. The highest BCUT2D eigenvalue weighted by Gasteiger charge is 2.18. The number of nitrogens with zero attached hydrogens (tertiary/aromatic N) is 3. The van der Waals surface area contributed by atoms with Gasteiger partial charge in [0.1, 0.15) is 15.7 Å². The van der Waals surface area contributed by atoms with E-state index in [4.69, 9.17) is 4.98 Å². The molecule has 0 bridgehead atoms. The van der Waals surface area contributed by atoms with Crippen molar-refractivity contribution < 1.29 is 9.18 Å². The molecule has 0 radical (unpaired) electrons. The van der Waals surface area contributed by atoms with E-state index in [0.29, 0.717) is 15.5 Å². The fourth-order valence-electron chi connectivity index (χ4n) is 3.96. The Morgan fingerprint density at radius 2 is 1.66 bits per heavy atom. The van der Waals surface area contributed by atoms with E-state index in [0.717, 1.165) is 37.7 Å². The van der Waals surface area contributed by atoms with Crippen LogP contribution in [0.15, 0.2) is 72.9 Å². The lowest BCUT2D eigenvalue weighted by Gasteiger charge is -2.05. The van der Waals surface area contributed by atoms with Crippen molar-refractivity contribution in [3.63, 3.8) is 0 Å². The lowest BCUT2D eigenvalue weighted by Crippen LogP contribution is -2.11. The molecule has 6 rings (SSSR count). The van der Waals surface area contributed by atoms with Gasteiger partial charge in [-0.3, -0.25) is 9.20 Å². The number of fused-ring (bicyclic) bond motifs is 2. The summed E-state index contributed by atoms with van der Waals surface area (Å²) in [5, 5.41) is 3.94. The van der Waals surface area contributed by atoms with Crippen molar-refractivity contribution in [3.8, 4) is 21.8 Å². The van der Waals surface area contributed by atoms with Gasteiger partial charge in [0, 0.05) is 28.7 Å². The average Bonchev–Trinajstić information content (AvgIpc) is 3.54. The first kappa shape index (κ1) is 21.6. The van der Waals surface area contributed by atoms with E-state index in [1.807, 2.05) is 47.9 Å². The fraction of sp³-hybridized carbons (Fsp3) is 0.0741. The van der Waals surface area contributed by atoms with Crippen LogP contribution in [0.4, 0.5) is 10.1 Å². The number of imidazole rings is 1. The molecular formula is C27H19FN4OS2. The molecule has 3 heterocycles. The fourth-order valence-corrected chi connectivity index (χ4v) is 6.03. The molecule has 0 saturated heterocycles. The van der Waals surface area contributed by atoms with Gasteiger partial charge in [-0.1, -0.05) is 17.4 Å². The van der Waals surface area contributed by atoms with Gasteiger partial charge < -0.3 is 5.32 Å². The van der Waals surface area contributed by atoms with Crippen LogP contribution in [0.2, 0.25) is 0 Å². The summed E-state index contributed by atoms with van der Waals surface area (Å²) in [7, 11) is 0. The van der Waals surface area contributed by atoms with Crippen molar-refractivity contribution >= 4 is 49.4 Å². The van der Waals surface area contributed by atoms with Gasteiger partial charge in [-0.25, -0.2) is 14.4 Å². The molecule has 35 heavy (non-hydrogen) atoms. The van der Waals surface area contributed by atoms with Crippen LogP contribution in [0.25, 0.3) is 37.0 Å². The van der Waals surface area contributed by atoms with Crippen LogP contribution in [0.5, 0.6) is 0 Å². The Labute approximate surface area is 208 Å². The Bertz CT molecular complexity index is 1710. The van der Waals surface area contributed by atoms with Crippen LogP contribution in [-0.2, 0) is 0 Å². The number of nitrogens with one attached hydrogen (secondary N) is 1. The summed E-state index contributed by atoms with van der Waals surface area (Å²) in [5.74, 6) is -0.461. The number of carbonyl (C=O) groups is 1. The van der Waals surface area contributed by atoms with Gasteiger partial charge in [-0.15, -0.1) is 11.3 Å². The van der Waals surface area contributed by atoms with E-state index in [1.54, 1.807) is 23.5 Å². The van der Waals surface area contributed by atoms with Crippen molar-refractivity contribution in [2.45, 2.75) is 13.8 Å². The van der Waals surface area contributed by atoms with Crippen LogP contribution in [-0.4, -0.2) is 20.3 Å². The van der Waals surface area contributed by atoms with Crippen molar-refractivity contribution in [1.82, 2.24) is 14.4 Å². The molecule has 0 aliphatic heterocycles. The molecule has 0 aliphatic rings.